The molecule has 0 amide bonds. The maximum Gasteiger partial charge on any atom is 0.223 e. The first-order valence-corrected chi connectivity index (χ1v) is 13.7. The van der Waals surface area contributed by atoms with E-state index in [-0.39, 0.29) is 31.0 Å². The van der Waals surface area contributed by atoms with Crippen LogP contribution in [0.25, 0.3) is 16.9 Å². The normalized spacial score (nSPS) is 18.6. The van der Waals surface area contributed by atoms with Crippen LogP contribution in [0.15, 0.2) is 36.8 Å². The van der Waals surface area contributed by atoms with Gasteiger partial charge in [-0.05, 0) is 45.0 Å². The highest BCUT2D eigenvalue weighted by Gasteiger charge is 2.36. The Labute approximate surface area is 220 Å². The summed E-state index contributed by atoms with van der Waals surface area (Å²) in [5, 5.41) is 19.9. The number of aromatic nitrogens is 4. The first kappa shape index (κ1) is 26.9. The summed E-state index contributed by atoms with van der Waals surface area (Å²) in [6.07, 6.45) is 3.46. The Hall–Kier alpha value is -3.11. The van der Waals surface area contributed by atoms with Gasteiger partial charge in [-0.25, -0.2) is 27.5 Å². The van der Waals surface area contributed by atoms with E-state index in [2.05, 4.69) is 31.8 Å². The van der Waals surface area contributed by atoms with Crippen molar-refractivity contribution in [2.45, 2.75) is 44.3 Å². The van der Waals surface area contributed by atoms with Crippen LogP contribution in [-0.4, -0.2) is 70.1 Å². The van der Waals surface area contributed by atoms with E-state index >= 15 is 0 Å². The van der Waals surface area contributed by atoms with E-state index in [9.17, 15) is 18.1 Å². The van der Waals surface area contributed by atoms with Gasteiger partial charge in [-0.2, -0.15) is 14.7 Å². The molecule has 37 heavy (non-hydrogen) atoms. The lowest BCUT2D eigenvalue weighted by molar-refractivity contribution is 0.185. The molecule has 0 spiro atoms. The lowest BCUT2D eigenvalue weighted by Gasteiger charge is -2.35. The Kier molecular flexibility index (Phi) is 8.08. The van der Waals surface area contributed by atoms with E-state index in [1.54, 1.807) is 30.9 Å². The van der Waals surface area contributed by atoms with Crippen LogP contribution < -0.4 is 10.6 Å². The molecule has 3 aromatic rings. The minimum absolute atomic E-state index is 0.143. The monoisotopic (exact) mass is 546 g/mol. The van der Waals surface area contributed by atoms with Crippen molar-refractivity contribution in [2.24, 2.45) is 0 Å². The molecule has 13 heteroatoms. The highest BCUT2D eigenvalue weighted by Crippen LogP contribution is 2.27. The predicted octanol–water partition coefficient (Wildman–Crippen LogP) is 3.14. The van der Waals surface area contributed by atoms with Crippen LogP contribution in [0.1, 0.15) is 31.4 Å². The number of hydrogen-bond acceptors (Lipinski definition) is 8. The third kappa shape index (κ3) is 5.75. The highest BCUT2D eigenvalue weighted by molar-refractivity contribution is 7.89. The van der Waals surface area contributed by atoms with Gasteiger partial charge in [0, 0.05) is 31.4 Å². The SMILES string of the molecule is CNCc1ccc(-n2cc(-c3nc(N[C@H]4CCN(S(=O)(=O)C(C)C)C[C@H]4F)ncc3C#N)cn2)c(Cl)c1. The summed E-state index contributed by atoms with van der Waals surface area (Å²) in [5.74, 6) is 0.143. The predicted molar refractivity (Wildman–Crippen MR) is 140 cm³/mol. The number of alkyl halides is 1. The van der Waals surface area contributed by atoms with Crippen LogP contribution in [0.5, 0.6) is 0 Å². The lowest BCUT2D eigenvalue weighted by Crippen LogP contribution is -2.51. The molecule has 196 valence electrons. The maximum atomic E-state index is 14.9. The molecule has 1 aliphatic rings. The molecular weight excluding hydrogens is 519 g/mol. The number of nitrogens with zero attached hydrogens (tertiary/aromatic N) is 6. The molecule has 4 rings (SSSR count). The van der Waals surface area contributed by atoms with Crippen molar-refractivity contribution in [2.75, 3.05) is 25.5 Å². The van der Waals surface area contributed by atoms with Crippen molar-refractivity contribution in [3.8, 4) is 23.0 Å². The molecule has 3 heterocycles. The molecule has 0 unspecified atom stereocenters. The molecule has 1 saturated heterocycles. The van der Waals surface area contributed by atoms with E-state index in [1.165, 1.54) is 10.5 Å². The second-order valence-corrected chi connectivity index (χ2v) is 12.0. The third-order valence-electron chi connectivity index (χ3n) is 6.18. The number of anilines is 1. The van der Waals surface area contributed by atoms with Crippen molar-refractivity contribution in [3.63, 3.8) is 0 Å². The third-order valence-corrected chi connectivity index (χ3v) is 8.72. The summed E-state index contributed by atoms with van der Waals surface area (Å²) in [5.41, 5.74) is 2.83. The summed E-state index contributed by atoms with van der Waals surface area (Å²) in [4.78, 5) is 8.64. The van der Waals surface area contributed by atoms with E-state index in [1.807, 2.05) is 25.2 Å². The Morgan fingerprint density at radius 2 is 2.11 bits per heavy atom. The first-order valence-electron chi connectivity index (χ1n) is 11.8. The van der Waals surface area contributed by atoms with Gasteiger partial charge in [-0.1, -0.05) is 17.7 Å². The van der Waals surface area contributed by atoms with Gasteiger partial charge in [-0.3, -0.25) is 0 Å². The van der Waals surface area contributed by atoms with Crippen LogP contribution in [0.2, 0.25) is 5.02 Å². The number of rotatable bonds is 8. The molecule has 0 radical (unpaired) electrons. The number of halogens is 2. The standard InChI is InChI=1S/C24H28ClFN8O2S/c1-15(2)37(35,36)33-7-6-21(20(26)14-33)31-24-29-11-17(9-27)23(32-24)18-12-30-34(13-18)22-5-4-16(10-28-3)8-19(22)25/h4-5,8,11-13,15,20-21,28H,6-7,10,14H2,1-3H3,(H,29,31,32)/t20-,21+/m1/s1. The molecule has 1 fully saturated rings. The summed E-state index contributed by atoms with van der Waals surface area (Å²) in [6.45, 7) is 3.80. The highest BCUT2D eigenvalue weighted by atomic mass is 35.5. The number of piperidine rings is 1. The largest absolute Gasteiger partial charge is 0.348 e. The quantitative estimate of drug-likeness (QED) is 0.441. The molecule has 0 saturated carbocycles. The van der Waals surface area contributed by atoms with Crippen molar-refractivity contribution >= 4 is 27.6 Å². The van der Waals surface area contributed by atoms with Crippen LogP contribution >= 0.6 is 11.6 Å². The Bertz CT molecular complexity index is 1420. The summed E-state index contributed by atoms with van der Waals surface area (Å²) < 4.78 is 42.5. The van der Waals surface area contributed by atoms with Crippen molar-refractivity contribution in [1.29, 1.82) is 5.26 Å². The zero-order valence-electron chi connectivity index (χ0n) is 20.7. The van der Waals surface area contributed by atoms with Gasteiger partial charge >= 0.3 is 0 Å². The van der Waals surface area contributed by atoms with Crippen LogP contribution in [0.4, 0.5) is 10.3 Å². The number of benzene rings is 1. The topological polar surface area (TPSA) is 129 Å². The fourth-order valence-electron chi connectivity index (χ4n) is 4.12. The second-order valence-electron chi connectivity index (χ2n) is 9.06. The smallest absolute Gasteiger partial charge is 0.223 e. The Balaban J connectivity index is 1.55. The fraction of sp³-hybridized carbons (Fsp3) is 0.417. The van der Waals surface area contributed by atoms with Crippen molar-refractivity contribution < 1.29 is 12.8 Å². The van der Waals surface area contributed by atoms with Gasteiger partial charge < -0.3 is 10.6 Å². The van der Waals surface area contributed by atoms with Crippen LogP contribution in [0.3, 0.4) is 0 Å². The molecule has 2 aromatic heterocycles. The number of sulfonamides is 1. The van der Waals surface area contributed by atoms with Crippen molar-refractivity contribution in [1.82, 2.24) is 29.4 Å². The Morgan fingerprint density at radius 1 is 1.32 bits per heavy atom. The minimum atomic E-state index is -3.53. The van der Waals surface area contributed by atoms with Gasteiger partial charge in [-0.15, -0.1) is 0 Å². The average molecular weight is 547 g/mol. The zero-order chi connectivity index (χ0) is 26.7. The fourth-order valence-corrected chi connectivity index (χ4v) is 5.71. The first-order chi connectivity index (χ1) is 17.6. The molecule has 2 N–H and O–H groups in total. The minimum Gasteiger partial charge on any atom is -0.348 e. The van der Waals surface area contributed by atoms with Gasteiger partial charge in [0.2, 0.25) is 16.0 Å². The van der Waals surface area contributed by atoms with Crippen LogP contribution in [0, 0.1) is 11.3 Å². The molecular formula is C24H28ClFN8O2S. The Morgan fingerprint density at radius 3 is 2.76 bits per heavy atom. The number of nitriles is 1. The molecule has 10 nitrogen and oxygen atoms in total. The second kappa shape index (κ2) is 11.1. The number of hydrogen-bond donors (Lipinski definition) is 2. The molecule has 1 aromatic carbocycles. The number of nitrogens with one attached hydrogen (secondary N) is 2. The van der Waals surface area contributed by atoms with E-state index in [0.717, 1.165) is 5.56 Å². The van der Waals surface area contributed by atoms with Gasteiger partial charge in [0.05, 0.1) is 45.7 Å². The van der Waals surface area contributed by atoms with Gasteiger partial charge in [0.15, 0.2) is 0 Å². The van der Waals surface area contributed by atoms with Crippen molar-refractivity contribution in [3.05, 3.63) is 52.9 Å². The molecule has 0 bridgehead atoms. The molecule has 0 aliphatic carbocycles. The van der Waals surface area contributed by atoms with Gasteiger partial charge in [0.1, 0.15) is 12.2 Å². The molecule has 1 aliphatic heterocycles. The summed E-state index contributed by atoms with van der Waals surface area (Å²) in [6, 6.07) is 7.06. The van der Waals surface area contributed by atoms with E-state index in [0.29, 0.717) is 28.5 Å². The zero-order valence-corrected chi connectivity index (χ0v) is 22.3. The maximum absolute atomic E-state index is 14.9. The van der Waals surface area contributed by atoms with E-state index in [4.69, 9.17) is 11.6 Å². The summed E-state index contributed by atoms with van der Waals surface area (Å²) in [7, 11) is -1.68. The van der Waals surface area contributed by atoms with Gasteiger partial charge in [0.25, 0.3) is 0 Å². The van der Waals surface area contributed by atoms with Crippen LogP contribution in [-0.2, 0) is 16.6 Å². The van der Waals surface area contributed by atoms with E-state index < -0.39 is 27.5 Å². The lowest BCUT2D eigenvalue weighted by atomic mass is 10.1. The molecule has 2 atom stereocenters. The average Bonchev–Trinajstić information content (AvgIpc) is 3.35. The summed E-state index contributed by atoms with van der Waals surface area (Å²) >= 11 is 6.46.